The van der Waals surface area contributed by atoms with Gasteiger partial charge in [0.15, 0.2) is 5.69 Å². The van der Waals surface area contributed by atoms with Gasteiger partial charge in [-0.3, -0.25) is 4.79 Å². The molecule has 0 saturated carbocycles. The molecule has 0 atom stereocenters. The van der Waals surface area contributed by atoms with Crippen LogP contribution in [0.25, 0.3) is 0 Å². The number of likely N-dealkylation sites (N-methyl/N-ethyl adjacent to an activating group) is 1. The quantitative estimate of drug-likeness (QED) is 0.930. The molecule has 2 heterocycles. The summed E-state index contributed by atoms with van der Waals surface area (Å²) in [7, 11) is 2.12. The number of rotatable bonds is 3. The maximum atomic E-state index is 11.9. The van der Waals surface area contributed by atoms with E-state index in [1.807, 2.05) is 12.1 Å². The van der Waals surface area contributed by atoms with Crippen molar-refractivity contribution in [1.82, 2.24) is 14.5 Å². The normalized spacial score (nSPS) is 15.8. The average molecular weight is 338 g/mol. The molecule has 0 radical (unpaired) electrons. The predicted octanol–water partition coefficient (Wildman–Crippen LogP) is 2.20. The molecule has 6 nitrogen and oxygen atoms in total. The first-order valence-electron chi connectivity index (χ1n) is 6.95. The van der Waals surface area contributed by atoms with Crippen LogP contribution in [0, 0.1) is 0 Å². The van der Waals surface area contributed by atoms with E-state index in [0.717, 1.165) is 43.4 Å². The third kappa shape index (κ3) is 3.37. The number of amides is 1. The summed E-state index contributed by atoms with van der Waals surface area (Å²) >= 11 is 7.52. The Hall–Kier alpha value is -1.70. The molecule has 0 unspecified atom stereocenters. The number of anilines is 2. The van der Waals surface area contributed by atoms with Crippen molar-refractivity contribution < 1.29 is 4.79 Å². The van der Waals surface area contributed by atoms with E-state index in [1.54, 1.807) is 11.4 Å². The van der Waals surface area contributed by atoms with E-state index < -0.39 is 0 Å². The molecule has 1 aliphatic heterocycles. The van der Waals surface area contributed by atoms with Gasteiger partial charge in [0.05, 0.1) is 10.7 Å². The Morgan fingerprint density at radius 3 is 2.73 bits per heavy atom. The van der Waals surface area contributed by atoms with Gasteiger partial charge in [0, 0.05) is 37.2 Å². The molecular formula is C14H16ClN5OS. The molecule has 1 amide bonds. The van der Waals surface area contributed by atoms with Crippen LogP contribution < -0.4 is 10.2 Å². The van der Waals surface area contributed by atoms with E-state index in [-0.39, 0.29) is 5.91 Å². The van der Waals surface area contributed by atoms with Crippen molar-refractivity contribution in [3.05, 3.63) is 34.3 Å². The van der Waals surface area contributed by atoms with Crippen LogP contribution in [0.5, 0.6) is 0 Å². The lowest BCUT2D eigenvalue weighted by Crippen LogP contribution is -2.44. The largest absolute Gasteiger partial charge is 0.368 e. The van der Waals surface area contributed by atoms with Crippen molar-refractivity contribution in [3.63, 3.8) is 0 Å². The first-order valence-corrected chi connectivity index (χ1v) is 8.16. The van der Waals surface area contributed by atoms with Gasteiger partial charge in [0.2, 0.25) is 0 Å². The fourth-order valence-electron chi connectivity index (χ4n) is 2.35. The molecule has 1 aliphatic rings. The van der Waals surface area contributed by atoms with Crippen molar-refractivity contribution in [3.8, 4) is 0 Å². The highest BCUT2D eigenvalue weighted by Crippen LogP contribution is 2.29. The van der Waals surface area contributed by atoms with Crippen molar-refractivity contribution >= 4 is 40.4 Å². The highest BCUT2D eigenvalue weighted by atomic mass is 35.5. The second-order valence-corrected chi connectivity index (χ2v) is 6.22. The lowest BCUT2D eigenvalue weighted by Gasteiger charge is -2.34. The fraction of sp³-hybridized carbons (Fsp3) is 0.357. The maximum Gasteiger partial charge on any atom is 0.277 e. The molecule has 1 aromatic carbocycles. The summed E-state index contributed by atoms with van der Waals surface area (Å²) in [5, 5.41) is 8.76. The second kappa shape index (κ2) is 6.60. The van der Waals surface area contributed by atoms with Crippen molar-refractivity contribution in [2.75, 3.05) is 43.4 Å². The Kier molecular flexibility index (Phi) is 4.56. The second-order valence-electron chi connectivity index (χ2n) is 5.20. The Bertz CT molecular complexity index is 655. The van der Waals surface area contributed by atoms with Crippen molar-refractivity contribution in [2.24, 2.45) is 0 Å². The average Bonchev–Trinajstić information content (AvgIpc) is 3.03. The molecule has 0 spiro atoms. The van der Waals surface area contributed by atoms with Crippen LogP contribution in [0.4, 0.5) is 11.4 Å². The van der Waals surface area contributed by atoms with Crippen LogP contribution in [0.1, 0.15) is 10.5 Å². The molecule has 8 heteroatoms. The number of carbonyl (C=O) groups is 1. The number of piperazine rings is 1. The van der Waals surface area contributed by atoms with E-state index >= 15 is 0 Å². The van der Waals surface area contributed by atoms with Crippen LogP contribution in [0.15, 0.2) is 23.6 Å². The summed E-state index contributed by atoms with van der Waals surface area (Å²) in [5.41, 5.74) is 1.97. The van der Waals surface area contributed by atoms with Gasteiger partial charge in [0.25, 0.3) is 5.91 Å². The summed E-state index contributed by atoms with van der Waals surface area (Å²) in [6.07, 6.45) is 0. The number of aromatic nitrogens is 2. The van der Waals surface area contributed by atoms with Gasteiger partial charge in [-0.1, -0.05) is 16.1 Å². The Balaban J connectivity index is 1.71. The number of nitrogens with zero attached hydrogens (tertiary/aromatic N) is 4. The number of benzene rings is 1. The Morgan fingerprint density at radius 2 is 2.09 bits per heavy atom. The SMILES string of the molecule is CN1CCN(c2ccc(NC(=O)c3csnn3)cc2Cl)CC1. The van der Waals surface area contributed by atoms with Crippen LogP contribution in [0.3, 0.4) is 0 Å². The van der Waals surface area contributed by atoms with Gasteiger partial charge in [0.1, 0.15) is 0 Å². The molecule has 0 bridgehead atoms. The minimum atomic E-state index is -0.280. The third-order valence-corrected chi connectivity index (χ3v) is 4.45. The van der Waals surface area contributed by atoms with Crippen molar-refractivity contribution in [1.29, 1.82) is 0 Å². The zero-order chi connectivity index (χ0) is 15.5. The van der Waals surface area contributed by atoms with Gasteiger partial charge in [-0.2, -0.15) is 0 Å². The van der Waals surface area contributed by atoms with Crippen LogP contribution in [0.2, 0.25) is 5.02 Å². The maximum absolute atomic E-state index is 11.9. The first-order chi connectivity index (χ1) is 10.6. The highest BCUT2D eigenvalue weighted by Gasteiger charge is 2.17. The molecule has 1 aromatic heterocycles. The van der Waals surface area contributed by atoms with E-state index in [4.69, 9.17) is 11.6 Å². The number of hydrogen-bond acceptors (Lipinski definition) is 6. The van der Waals surface area contributed by atoms with E-state index in [0.29, 0.717) is 16.4 Å². The fourth-order valence-corrected chi connectivity index (χ4v) is 3.08. The van der Waals surface area contributed by atoms with Gasteiger partial charge in [-0.05, 0) is 36.8 Å². The summed E-state index contributed by atoms with van der Waals surface area (Å²) in [4.78, 5) is 16.5. The minimum absolute atomic E-state index is 0.280. The van der Waals surface area contributed by atoms with Crippen LogP contribution in [-0.2, 0) is 0 Å². The Labute approximate surface area is 137 Å². The summed E-state index contributed by atoms with van der Waals surface area (Å²) in [5.74, 6) is -0.280. The predicted molar refractivity (Wildman–Crippen MR) is 89.0 cm³/mol. The molecule has 1 fully saturated rings. The number of hydrogen-bond donors (Lipinski definition) is 1. The Morgan fingerprint density at radius 1 is 1.32 bits per heavy atom. The molecule has 22 heavy (non-hydrogen) atoms. The van der Waals surface area contributed by atoms with Gasteiger partial charge < -0.3 is 15.1 Å². The summed E-state index contributed by atoms with van der Waals surface area (Å²) < 4.78 is 3.68. The molecule has 1 saturated heterocycles. The molecule has 0 aliphatic carbocycles. The van der Waals surface area contributed by atoms with Crippen LogP contribution >= 0.6 is 23.1 Å². The standard InChI is InChI=1S/C14H16ClN5OS/c1-19-4-6-20(7-5-19)13-3-2-10(8-11(13)15)16-14(21)12-9-22-18-17-12/h2-3,8-9H,4-7H2,1H3,(H,16,21). The molecule has 116 valence electrons. The van der Waals surface area contributed by atoms with E-state index in [1.165, 1.54) is 0 Å². The van der Waals surface area contributed by atoms with Gasteiger partial charge in [-0.25, -0.2) is 0 Å². The lowest BCUT2D eigenvalue weighted by molar-refractivity contribution is 0.102. The minimum Gasteiger partial charge on any atom is -0.368 e. The zero-order valence-corrected chi connectivity index (χ0v) is 13.7. The van der Waals surface area contributed by atoms with Gasteiger partial charge >= 0.3 is 0 Å². The van der Waals surface area contributed by atoms with Gasteiger partial charge in [-0.15, -0.1) is 5.10 Å². The zero-order valence-electron chi connectivity index (χ0n) is 12.1. The molecular weight excluding hydrogens is 322 g/mol. The van der Waals surface area contributed by atoms with E-state index in [9.17, 15) is 4.79 Å². The highest BCUT2D eigenvalue weighted by molar-refractivity contribution is 7.03. The third-order valence-electron chi connectivity index (χ3n) is 3.64. The molecule has 1 N–H and O–H groups in total. The first kappa shape index (κ1) is 15.2. The van der Waals surface area contributed by atoms with Crippen LogP contribution in [-0.4, -0.2) is 53.6 Å². The smallest absolute Gasteiger partial charge is 0.277 e. The summed E-state index contributed by atoms with van der Waals surface area (Å²) in [6.45, 7) is 3.94. The number of nitrogens with one attached hydrogen (secondary N) is 1. The molecule has 3 rings (SSSR count). The summed E-state index contributed by atoms with van der Waals surface area (Å²) in [6, 6.07) is 5.58. The lowest BCUT2D eigenvalue weighted by atomic mass is 10.2. The van der Waals surface area contributed by atoms with E-state index in [2.05, 4.69) is 31.8 Å². The molecule has 2 aromatic rings. The van der Waals surface area contributed by atoms with Crippen molar-refractivity contribution in [2.45, 2.75) is 0 Å². The topological polar surface area (TPSA) is 61.4 Å². The number of carbonyl (C=O) groups excluding carboxylic acids is 1. The monoisotopic (exact) mass is 337 g/mol. The number of halogens is 1.